The van der Waals surface area contributed by atoms with Crippen molar-refractivity contribution in [3.63, 3.8) is 0 Å². The Bertz CT molecular complexity index is 976. The number of hydrogen-bond acceptors (Lipinski definition) is 6. The molecule has 0 bridgehead atoms. The molecular formula is C21H26Cl2FN3O3S. The number of sulfone groups is 1. The van der Waals surface area contributed by atoms with Crippen molar-refractivity contribution in [2.75, 3.05) is 31.1 Å². The summed E-state index contributed by atoms with van der Waals surface area (Å²) < 4.78 is 40.7. The largest absolute Gasteiger partial charge is 0.368 e. The molecule has 0 aromatic heterocycles. The SMILES string of the molecule is O=S(=O)(C1CN(c2ccc(F)cc2)CCN1)C(CCCCNO)c1ccc(Cl)c(Cl)c1. The number of hydroxylamine groups is 1. The van der Waals surface area contributed by atoms with E-state index in [0.29, 0.717) is 54.5 Å². The third-order valence-corrected chi connectivity index (χ3v) is 8.59. The van der Waals surface area contributed by atoms with Gasteiger partial charge in [-0.25, -0.2) is 18.3 Å². The number of halogens is 3. The summed E-state index contributed by atoms with van der Waals surface area (Å²) in [6.45, 7) is 1.75. The van der Waals surface area contributed by atoms with Crippen LogP contribution in [0.15, 0.2) is 42.5 Å². The number of nitrogens with one attached hydrogen (secondary N) is 2. The fraction of sp³-hybridized carbons (Fsp3) is 0.429. The van der Waals surface area contributed by atoms with Gasteiger partial charge in [-0.05, 0) is 54.8 Å². The van der Waals surface area contributed by atoms with Crippen LogP contribution in [-0.2, 0) is 9.84 Å². The molecule has 2 unspecified atom stereocenters. The number of hydrogen-bond donors (Lipinski definition) is 3. The fourth-order valence-electron chi connectivity index (χ4n) is 3.79. The maximum Gasteiger partial charge on any atom is 0.174 e. The smallest absolute Gasteiger partial charge is 0.174 e. The molecule has 0 radical (unpaired) electrons. The first-order chi connectivity index (χ1) is 14.8. The van der Waals surface area contributed by atoms with Crippen molar-refractivity contribution in [2.45, 2.75) is 29.9 Å². The molecule has 0 spiro atoms. The van der Waals surface area contributed by atoms with Gasteiger partial charge in [-0.1, -0.05) is 35.7 Å². The molecule has 3 N–H and O–H groups in total. The second kappa shape index (κ2) is 10.9. The highest BCUT2D eigenvalue weighted by Gasteiger charge is 2.37. The van der Waals surface area contributed by atoms with E-state index in [0.717, 1.165) is 5.69 Å². The first-order valence-electron chi connectivity index (χ1n) is 10.1. The number of anilines is 1. The third kappa shape index (κ3) is 6.09. The lowest BCUT2D eigenvalue weighted by atomic mass is 10.1. The number of piperazine rings is 1. The molecule has 2 aromatic rings. The molecule has 6 nitrogen and oxygen atoms in total. The lowest BCUT2D eigenvalue weighted by Crippen LogP contribution is -2.55. The van der Waals surface area contributed by atoms with Gasteiger partial charge in [-0.2, -0.15) is 0 Å². The highest BCUT2D eigenvalue weighted by Crippen LogP contribution is 2.35. The summed E-state index contributed by atoms with van der Waals surface area (Å²) in [4.78, 5) is 1.94. The van der Waals surface area contributed by atoms with Gasteiger partial charge in [0.15, 0.2) is 9.84 Å². The predicted octanol–water partition coefficient (Wildman–Crippen LogP) is 4.17. The molecular weight excluding hydrogens is 464 g/mol. The van der Waals surface area contributed by atoms with Gasteiger partial charge in [0.2, 0.25) is 0 Å². The zero-order chi connectivity index (χ0) is 22.4. The summed E-state index contributed by atoms with van der Waals surface area (Å²) in [7, 11) is -3.65. The fourth-order valence-corrected chi connectivity index (χ4v) is 6.25. The van der Waals surface area contributed by atoms with Crippen LogP contribution in [0.25, 0.3) is 0 Å². The van der Waals surface area contributed by atoms with Crippen LogP contribution in [0.5, 0.6) is 0 Å². The first-order valence-corrected chi connectivity index (χ1v) is 12.5. The first kappa shape index (κ1) is 24.2. The molecule has 0 aliphatic carbocycles. The molecule has 1 heterocycles. The Morgan fingerprint density at radius 1 is 1.16 bits per heavy atom. The summed E-state index contributed by atoms with van der Waals surface area (Å²) in [6, 6.07) is 11.0. The molecule has 10 heteroatoms. The van der Waals surface area contributed by atoms with Gasteiger partial charge in [-0.3, -0.25) is 5.32 Å². The van der Waals surface area contributed by atoms with Crippen LogP contribution in [0.3, 0.4) is 0 Å². The molecule has 0 amide bonds. The Kier molecular flexibility index (Phi) is 8.55. The van der Waals surface area contributed by atoms with Crippen LogP contribution in [0.1, 0.15) is 30.1 Å². The Hall–Kier alpha value is -1.42. The maximum absolute atomic E-state index is 13.7. The summed E-state index contributed by atoms with van der Waals surface area (Å²) in [5, 5.41) is 11.0. The van der Waals surface area contributed by atoms with E-state index in [4.69, 9.17) is 28.4 Å². The van der Waals surface area contributed by atoms with Gasteiger partial charge in [-0.15, -0.1) is 0 Å². The van der Waals surface area contributed by atoms with E-state index in [2.05, 4.69) is 10.8 Å². The lowest BCUT2D eigenvalue weighted by Gasteiger charge is -2.36. The normalized spacial score (nSPS) is 18.2. The molecule has 1 aliphatic heterocycles. The van der Waals surface area contributed by atoms with Gasteiger partial charge in [0, 0.05) is 31.9 Å². The average Bonchev–Trinajstić information content (AvgIpc) is 2.76. The van der Waals surface area contributed by atoms with Gasteiger partial charge >= 0.3 is 0 Å². The van der Waals surface area contributed by atoms with Crippen molar-refractivity contribution in [2.24, 2.45) is 0 Å². The van der Waals surface area contributed by atoms with Gasteiger partial charge in [0.1, 0.15) is 11.2 Å². The zero-order valence-electron chi connectivity index (χ0n) is 16.9. The van der Waals surface area contributed by atoms with E-state index in [1.807, 2.05) is 4.90 Å². The minimum Gasteiger partial charge on any atom is -0.368 e. The van der Waals surface area contributed by atoms with Gasteiger partial charge < -0.3 is 10.1 Å². The second-order valence-electron chi connectivity index (χ2n) is 7.52. The van der Waals surface area contributed by atoms with E-state index in [-0.39, 0.29) is 12.4 Å². The Balaban J connectivity index is 1.85. The Morgan fingerprint density at radius 3 is 2.58 bits per heavy atom. The number of benzene rings is 2. The quantitative estimate of drug-likeness (QED) is 0.362. The highest BCUT2D eigenvalue weighted by atomic mass is 35.5. The van der Waals surface area contributed by atoms with E-state index >= 15 is 0 Å². The van der Waals surface area contributed by atoms with E-state index < -0.39 is 20.5 Å². The van der Waals surface area contributed by atoms with Crippen molar-refractivity contribution >= 4 is 38.7 Å². The Morgan fingerprint density at radius 2 is 1.90 bits per heavy atom. The van der Waals surface area contributed by atoms with Crippen molar-refractivity contribution < 1.29 is 18.0 Å². The average molecular weight is 490 g/mol. The summed E-state index contributed by atoms with van der Waals surface area (Å²) in [5.41, 5.74) is 3.46. The molecule has 1 aliphatic rings. The minimum absolute atomic E-state index is 0.254. The van der Waals surface area contributed by atoms with Gasteiger partial charge in [0.25, 0.3) is 0 Å². The van der Waals surface area contributed by atoms with Crippen LogP contribution in [-0.4, -0.2) is 45.2 Å². The summed E-state index contributed by atoms with van der Waals surface area (Å²) in [5.74, 6) is -0.333. The lowest BCUT2D eigenvalue weighted by molar-refractivity contribution is 0.164. The predicted molar refractivity (Wildman–Crippen MR) is 122 cm³/mol. The third-order valence-electron chi connectivity index (χ3n) is 5.45. The standard InChI is InChI=1S/C21H26Cl2FN3O3S/c22-18-9-4-15(13-19(18)23)20(3-1-2-10-26-28)31(29,30)21-14-27(12-11-25-21)17-7-5-16(24)6-8-17/h4-9,13,20-21,25-26,28H,1-3,10-12,14H2. The second-order valence-corrected chi connectivity index (χ2v) is 10.7. The van der Waals surface area contributed by atoms with Crippen molar-refractivity contribution in [3.05, 3.63) is 63.9 Å². The number of rotatable bonds is 9. The molecule has 1 fully saturated rings. The molecule has 0 saturated carbocycles. The zero-order valence-corrected chi connectivity index (χ0v) is 19.2. The van der Waals surface area contributed by atoms with Crippen LogP contribution in [0, 0.1) is 5.82 Å². The molecule has 31 heavy (non-hydrogen) atoms. The topological polar surface area (TPSA) is 81.7 Å². The van der Waals surface area contributed by atoms with Crippen LogP contribution in [0.2, 0.25) is 10.0 Å². The van der Waals surface area contributed by atoms with Crippen LogP contribution >= 0.6 is 23.2 Å². The molecule has 2 aromatic carbocycles. The van der Waals surface area contributed by atoms with E-state index in [9.17, 15) is 12.8 Å². The summed E-state index contributed by atoms with van der Waals surface area (Å²) >= 11 is 12.2. The molecule has 2 atom stereocenters. The molecule has 1 saturated heterocycles. The van der Waals surface area contributed by atoms with Crippen LogP contribution < -0.4 is 15.7 Å². The molecule has 3 rings (SSSR count). The summed E-state index contributed by atoms with van der Waals surface area (Å²) in [6.07, 6.45) is 1.62. The van der Waals surface area contributed by atoms with Crippen LogP contribution in [0.4, 0.5) is 10.1 Å². The monoisotopic (exact) mass is 489 g/mol. The van der Waals surface area contributed by atoms with Gasteiger partial charge in [0.05, 0.1) is 15.3 Å². The van der Waals surface area contributed by atoms with Crippen molar-refractivity contribution in [1.29, 1.82) is 0 Å². The Labute approximate surface area is 192 Å². The van der Waals surface area contributed by atoms with Crippen molar-refractivity contribution in [3.8, 4) is 0 Å². The highest BCUT2D eigenvalue weighted by molar-refractivity contribution is 7.92. The van der Waals surface area contributed by atoms with E-state index in [1.54, 1.807) is 30.3 Å². The van der Waals surface area contributed by atoms with E-state index in [1.165, 1.54) is 12.1 Å². The number of nitrogens with zero attached hydrogens (tertiary/aromatic N) is 1. The maximum atomic E-state index is 13.7. The number of unbranched alkanes of at least 4 members (excludes halogenated alkanes) is 1. The minimum atomic E-state index is -3.65. The molecule has 170 valence electrons. The van der Waals surface area contributed by atoms with Crippen molar-refractivity contribution in [1.82, 2.24) is 10.8 Å².